The molecule has 0 spiro atoms. The van der Waals surface area contributed by atoms with Gasteiger partial charge in [0.05, 0.1) is 17.1 Å². The van der Waals surface area contributed by atoms with Gasteiger partial charge >= 0.3 is 6.18 Å². The first-order valence-corrected chi connectivity index (χ1v) is 5.67. The molecule has 1 aromatic carbocycles. The average Bonchev–Trinajstić information content (AvgIpc) is 2.36. The molecule has 0 bridgehead atoms. The van der Waals surface area contributed by atoms with E-state index in [1.807, 2.05) is 0 Å². The molecule has 0 aliphatic rings. The zero-order valence-corrected chi connectivity index (χ0v) is 10.6. The summed E-state index contributed by atoms with van der Waals surface area (Å²) in [5.41, 5.74) is 3.95. The summed E-state index contributed by atoms with van der Waals surface area (Å²) in [5, 5.41) is 19.4. The normalized spacial score (nSPS) is 11.2. The van der Waals surface area contributed by atoms with Crippen LogP contribution in [0, 0.1) is 10.1 Å². The van der Waals surface area contributed by atoms with Crippen molar-refractivity contribution in [2.24, 2.45) is 0 Å². The third-order valence-corrected chi connectivity index (χ3v) is 2.54. The van der Waals surface area contributed by atoms with Gasteiger partial charge in [0.25, 0.3) is 11.6 Å². The molecular weight excluding hydrogens is 295 g/mol. The Labute approximate surface area is 116 Å². The summed E-state index contributed by atoms with van der Waals surface area (Å²) >= 11 is 0. The molecule has 0 unspecified atom stereocenters. The number of benzene rings is 1. The molecule has 1 amide bonds. The molecule has 0 saturated carbocycles. The highest BCUT2D eigenvalue weighted by molar-refractivity contribution is 6.01. The number of hydrogen-bond acceptors (Lipinski definition) is 5. The van der Waals surface area contributed by atoms with Crippen molar-refractivity contribution in [3.05, 3.63) is 33.9 Å². The minimum Gasteiger partial charge on any atom is -0.395 e. The summed E-state index contributed by atoms with van der Waals surface area (Å²) in [5.74, 6) is -1.14. The van der Waals surface area contributed by atoms with Crippen molar-refractivity contribution in [2.45, 2.75) is 6.18 Å². The summed E-state index contributed by atoms with van der Waals surface area (Å²) in [6, 6.07) is 3.27. The van der Waals surface area contributed by atoms with Crippen molar-refractivity contribution in [2.75, 3.05) is 25.4 Å². The Balaban J connectivity index is 3.15. The van der Waals surface area contributed by atoms with Crippen LogP contribution >= 0.6 is 0 Å². The fourth-order valence-corrected chi connectivity index (χ4v) is 1.66. The number of para-hydroxylation sites is 1. The second-order valence-corrected chi connectivity index (χ2v) is 4.06. The fourth-order valence-electron chi connectivity index (χ4n) is 1.66. The third kappa shape index (κ3) is 4.31. The highest BCUT2D eigenvalue weighted by Crippen LogP contribution is 2.27. The minimum atomic E-state index is -4.67. The van der Waals surface area contributed by atoms with Crippen molar-refractivity contribution < 1.29 is 28.0 Å². The van der Waals surface area contributed by atoms with E-state index < -0.39 is 53.6 Å². The molecule has 1 rings (SSSR count). The number of hydrogen-bond donors (Lipinski definition) is 2. The second kappa shape index (κ2) is 6.39. The molecule has 0 saturated heterocycles. The van der Waals surface area contributed by atoms with Gasteiger partial charge in [0.2, 0.25) is 0 Å². The van der Waals surface area contributed by atoms with Crippen LogP contribution in [0.2, 0.25) is 0 Å². The van der Waals surface area contributed by atoms with E-state index in [1.54, 1.807) is 0 Å². The maximum Gasteiger partial charge on any atom is 0.406 e. The van der Waals surface area contributed by atoms with E-state index in [2.05, 4.69) is 0 Å². The Kier molecular flexibility index (Phi) is 5.08. The lowest BCUT2D eigenvalue weighted by Gasteiger charge is -2.23. The molecule has 3 N–H and O–H groups in total. The van der Waals surface area contributed by atoms with Gasteiger partial charge in [0.1, 0.15) is 12.2 Å². The van der Waals surface area contributed by atoms with E-state index in [1.165, 1.54) is 0 Å². The number of nitrogens with zero attached hydrogens (tertiary/aromatic N) is 2. The number of aliphatic hydroxyl groups is 1. The van der Waals surface area contributed by atoms with Crippen LogP contribution < -0.4 is 5.73 Å². The third-order valence-electron chi connectivity index (χ3n) is 2.54. The maximum atomic E-state index is 12.4. The predicted molar refractivity (Wildman–Crippen MR) is 66.6 cm³/mol. The van der Waals surface area contributed by atoms with Crippen LogP contribution in [-0.4, -0.2) is 46.7 Å². The van der Waals surface area contributed by atoms with E-state index in [-0.39, 0.29) is 0 Å². The summed E-state index contributed by atoms with van der Waals surface area (Å²) in [6.07, 6.45) is -4.67. The second-order valence-electron chi connectivity index (χ2n) is 4.06. The average molecular weight is 307 g/mol. The van der Waals surface area contributed by atoms with E-state index in [9.17, 15) is 28.1 Å². The van der Waals surface area contributed by atoms with Gasteiger partial charge in [0.15, 0.2) is 0 Å². The number of nitrogen functional groups attached to an aromatic ring is 1. The number of amides is 1. The number of nitrogens with two attached hydrogens (primary N) is 1. The summed E-state index contributed by atoms with van der Waals surface area (Å²) in [6.45, 7) is -2.84. The number of carbonyl (C=O) groups is 1. The number of nitro groups is 1. The largest absolute Gasteiger partial charge is 0.406 e. The van der Waals surface area contributed by atoms with E-state index >= 15 is 0 Å². The molecule has 7 nitrogen and oxygen atoms in total. The van der Waals surface area contributed by atoms with Crippen LogP contribution in [0.5, 0.6) is 0 Å². The number of carbonyl (C=O) groups excluding carboxylic acids is 1. The number of nitro benzene ring substituents is 1. The quantitative estimate of drug-likeness (QED) is 0.482. The molecule has 0 fully saturated rings. The molecular formula is C11H12F3N3O4. The Morgan fingerprint density at radius 3 is 2.52 bits per heavy atom. The van der Waals surface area contributed by atoms with Crippen LogP contribution in [0.15, 0.2) is 18.2 Å². The summed E-state index contributed by atoms with van der Waals surface area (Å²) < 4.78 is 37.2. The van der Waals surface area contributed by atoms with Gasteiger partial charge in [-0.2, -0.15) is 13.2 Å². The molecule has 1 aromatic rings. The Hall–Kier alpha value is -2.36. The van der Waals surface area contributed by atoms with E-state index in [0.29, 0.717) is 4.90 Å². The molecule has 0 aromatic heterocycles. The van der Waals surface area contributed by atoms with Gasteiger partial charge in [-0.15, -0.1) is 0 Å². The van der Waals surface area contributed by atoms with Crippen LogP contribution in [0.3, 0.4) is 0 Å². The van der Waals surface area contributed by atoms with Crippen molar-refractivity contribution in [1.29, 1.82) is 0 Å². The summed E-state index contributed by atoms with van der Waals surface area (Å²) in [4.78, 5) is 22.2. The molecule has 0 aliphatic heterocycles. The highest BCUT2D eigenvalue weighted by atomic mass is 19.4. The molecule has 21 heavy (non-hydrogen) atoms. The number of rotatable bonds is 5. The Bertz CT molecular complexity index is 548. The zero-order chi connectivity index (χ0) is 16.2. The summed E-state index contributed by atoms with van der Waals surface area (Å²) in [7, 11) is 0. The lowest BCUT2D eigenvalue weighted by molar-refractivity contribution is -0.383. The number of halogens is 3. The molecule has 0 heterocycles. The Morgan fingerprint density at radius 1 is 1.43 bits per heavy atom. The highest BCUT2D eigenvalue weighted by Gasteiger charge is 2.34. The maximum absolute atomic E-state index is 12.4. The van der Waals surface area contributed by atoms with Crippen LogP contribution in [0.1, 0.15) is 10.4 Å². The zero-order valence-electron chi connectivity index (χ0n) is 10.6. The minimum absolute atomic E-state index is 0.329. The van der Waals surface area contributed by atoms with E-state index in [4.69, 9.17) is 10.8 Å². The standard InChI is InChI=1S/C11H12F3N3O4/c12-11(13,14)6-16(4-5-18)10(19)7-2-1-3-8(9(7)15)17(20)21/h1-3,18H,4-6,15H2. The van der Waals surface area contributed by atoms with Gasteiger partial charge in [-0.25, -0.2) is 0 Å². The molecule has 116 valence electrons. The van der Waals surface area contributed by atoms with Crippen molar-refractivity contribution in [3.63, 3.8) is 0 Å². The van der Waals surface area contributed by atoms with Crippen molar-refractivity contribution >= 4 is 17.3 Å². The Morgan fingerprint density at radius 2 is 2.05 bits per heavy atom. The van der Waals surface area contributed by atoms with Gasteiger partial charge < -0.3 is 15.7 Å². The smallest absolute Gasteiger partial charge is 0.395 e. The predicted octanol–water partition coefficient (Wildman–Crippen LogP) is 1.17. The van der Waals surface area contributed by atoms with Crippen molar-refractivity contribution in [3.8, 4) is 0 Å². The monoisotopic (exact) mass is 307 g/mol. The fraction of sp³-hybridized carbons (Fsp3) is 0.364. The van der Waals surface area contributed by atoms with Gasteiger partial charge in [-0.05, 0) is 6.07 Å². The van der Waals surface area contributed by atoms with Gasteiger partial charge in [0, 0.05) is 12.6 Å². The van der Waals surface area contributed by atoms with Gasteiger partial charge in [-0.3, -0.25) is 14.9 Å². The number of aliphatic hydroxyl groups excluding tert-OH is 1. The van der Waals surface area contributed by atoms with Crippen molar-refractivity contribution in [1.82, 2.24) is 4.90 Å². The SMILES string of the molecule is Nc1c(C(=O)N(CCO)CC(F)(F)F)cccc1[N+](=O)[O-]. The number of alkyl halides is 3. The molecule has 0 atom stereocenters. The van der Waals surface area contributed by atoms with E-state index in [0.717, 1.165) is 18.2 Å². The molecule has 0 aliphatic carbocycles. The van der Waals surface area contributed by atoms with Gasteiger partial charge in [-0.1, -0.05) is 6.07 Å². The first kappa shape index (κ1) is 16.7. The van der Waals surface area contributed by atoms with Crippen LogP contribution in [-0.2, 0) is 0 Å². The first-order valence-electron chi connectivity index (χ1n) is 5.67. The number of anilines is 1. The lowest BCUT2D eigenvalue weighted by atomic mass is 10.1. The first-order chi connectivity index (χ1) is 9.67. The van der Waals surface area contributed by atoms with Crippen LogP contribution in [0.4, 0.5) is 24.5 Å². The molecule has 10 heteroatoms. The molecule has 0 radical (unpaired) electrons. The lowest BCUT2D eigenvalue weighted by Crippen LogP contribution is -2.41. The van der Waals surface area contributed by atoms with Crippen LogP contribution in [0.25, 0.3) is 0 Å². The topological polar surface area (TPSA) is 110 Å².